The van der Waals surface area contributed by atoms with Gasteiger partial charge in [-0.05, 0) is 37.5 Å². The average molecular weight is 315 g/mol. The van der Waals surface area contributed by atoms with E-state index in [-0.39, 0.29) is 11.3 Å². The number of carbonyl (C=O) groups excluding carboxylic acids is 1. The van der Waals surface area contributed by atoms with Crippen molar-refractivity contribution in [1.82, 2.24) is 5.32 Å². The van der Waals surface area contributed by atoms with Gasteiger partial charge in [0.2, 0.25) is 0 Å². The number of hydrogen-bond acceptors (Lipinski definition) is 3. The Hall–Kier alpha value is -1.65. The van der Waals surface area contributed by atoms with Gasteiger partial charge in [-0.1, -0.05) is 30.3 Å². The van der Waals surface area contributed by atoms with Crippen LogP contribution in [0.3, 0.4) is 0 Å². The molecule has 2 heterocycles. The first kappa shape index (κ1) is 15.3. The quantitative estimate of drug-likeness (QED) is 0.937. The Morgan fingerprint density at radius 3 is 2.55 bits per heavy atom. The van der Waals surface area contributed by atoms with Crippen LogP contribution in [0.2, 0.25) is 0 Å². The maximum absolute atomic E-state index is 12.3. The number of amides is 1. The largest absolute Gasteiger partial charge is 0.381 e. The van der Waals surface area contributed by atoms with Gasteiger partial charge in [0.05, 0.1) is 4.88 Å². The maximum Gasteiger partial charge on any atom is 0.261 e. The van der Waals surface area contributed by atoms with Gasteiger partial charge in [0.1, 0.15) is 0 Å². The summed E-state index contributed by atoms with van der Waals surface area (Å²) in [5.41, 5.74) is 1.28. The predicted octanol–water partition coefficient (Wildman–Crippen LogP) is 3.53. The highest BCUT2D eigenvalue weighted by Crippen LogP contribution is 2.34. The summed E-state index contributed by atoms with van der Waals surface area (Å²) in [5.74, 6) is 0.0277. The number of nitrogens with one attached hydrogen (secondary N) is 1. The summed E-state index contributed by atoms with van der Waals surface area (Å²) in [6.45, 7) is 4.19. The highest BCUT2D eigenvalue weighted by Gasteiger charge is 2.34. The Balaban J connectivity index is 1.75. The van der Waals surface area contributed by atoms with Crippen molar-refractivity contribution in [2.45, 2.75) is 25.2 Å². The molecule has 4 heteroatoms. The lowest BCUT2D eigenvalue weighted by Gasteiger charge is -2.37. The molecule has 1 saturated heterocycles. The number of ether oxygens (including phenoxy) is 1. The van der Waals surface area contributed by atoms with Crippen molar-refractivity contribution in [3.05, 3.63) is 57.8 Å². The molecule has 0 radical (unpaired) electrons. The van der Waals surface area contributed by atoms with E-state index in [4.69, 9.17) is 4.74 Å². The predicted molar refractivity (Wildman–Crippen MR) is 89.6 cm³/mol. The molecular formula is C18H21NO2S. The topological polar surface area (TPSA) is 38.3 Å². The van der Waals surface area contributed by atoms with Crippen LogP contribution in [-0.4, -0.2) is 25.7 Å². The van der Waals surface area contributed by atoms with Gasteiger partial charge in [-0.2, -0.15) is 0 Å². The molecule has 1 N–H and O–H groups in total. The van der Waals surface area contributed by atoms with E-state index in [0.717, 1.165) is 35.8 Å². The van der Waals surface area contributed by atoms with E-state index in [2.05, 4.69) is 29.6 Å². The van der Waals surface area contributed by atoms with Gasteiger partial charge in [0.25, 0.3) is 5.91 Å². The van der Waals surface area contributed by atoms with Crippen LogP contribution in [0.1, 0.15) is 33.0 Å². The van der Waals surface area contributed by atoms with Crippen molar-refractivity contribution in [3.8, 4) is 0 Å². The van der Waals surface area contributed by atoms with Crippen molar-refractivity contribution in [2.24, 2.45) is 0 Å². The van der Waals surface area contributed by atoms with Crippen molar-refractivity contribution in [3.63, 3.8) is 0 Å². The highest BCUT2D eigenvalue weighted by atomic mass is 32.1. The molecule has 1 fully saturated rings. The first-order valence-corrected chi connectivity index (χ1v) is 8.49. The van der Waals surface area contributed by atoms with Crippen LogP contribution in [0, 0.1) is 6.92 Å². The zero-order valence-electron chi connectivity index (χ0n) is 12.8. The van der Waals surface area contributed by atoms with Crippen LogP contribution in [0.5, 0.6) is 0 Å². The molecule has 0 unspecified atom stereocenters. The summed E-state index contributed by atoms with van der Waals surface area (Å²) in [6, 6.07) is 14.4. The average Bonchev–Trinajstić information content (AvgIpc) is 3.01. The highest BCUT2D eigenvalue weighted by molar-refractivity contribution is 7.13. The molecule has 1 aromatic carbocycles. The molecule has 0 spiro atoms. The van der Waals surface area contributed by atoms with Gasteiger partial charge in [-0.3, -0.25) is 4.79 Å². The van der Waals surface area contributed by atoms with Gasteiger partial charge in [0.15, 0.2) is 0 Å². The monoisotopic (exact) mass is 315 g/mol. The second-order valence-corrected chi connectivity index (χ2v) is 7.14. The van der Waals surface area contributed by atoms with Gasteiger partial charge < -0.3 is 10.1 Å². The summed E-state index contributed by atoms with van der Waals surface area (Å²) in [6.07, 6.45) is 1.89. The second kappa shape index (κ2) is 6.63. The Kier molecular flexibility index (Phi) is 4.60. The van der Waals surface area contributed by atoms with E-state index in [9.17, 15) is 4.79 Å². The number of thiophene rings is 1. The summed E-state index contributed by atoms with van der Waals surface area (Å²) >= 11 is 1.54. The molecule has 3 nitrogen and oxygen atoms in total. The number of benzene rings is 1. The minimum absolute atomic E-state index is 0.0124. The Labute approximate surface area is 135 Å². The number of aryl methyl sites for hydroxylation is 1. The summed E-state index contributed by atoms with van der Waals surface area (Å²) < 4.78 is 5.53. The standard InChI is InChI=1S/C18H21NO2S/c1-14-7-8-16(22-14)17(20)19-13-18(9-11-21-12-10-18)15-5-3-2-4-6-15/h2-8H,9-13H2,1H3,(H,19,20). The lowest BCUT2D eigenvalue weighted by Crippen LogP contribution is -2.44. The fraction of sp³-hybridized carbons (Fsp3) is 0.389. The van der Waals surface area contributed by atoms with Crippen LogP contribution in [0.15, 0.2) is 42.5 Å². The minimum atomic E-state index is -0.0124. The van der Waals surface area contributed by atoms with E-state index in [0.29, 0.717) is 6.54 Å². The zero-order valence-corrected chi connectivity index (χ0v) is 13.6. The first-order valence-electron chi connectivity index (χ1n) is 7.68. The SMILES string of the molecule is Cc1ccc(C(=O)NCC2(c3ccccc3)CCOCC2)s1. The summed E-state index contributed by atoms with van der Waals surface area (Å²) in [4.78, 5) is 14.3. The number of carbonyl (C=O) groups is 1. The van der Waals surface area contributed by atoms with Crippen molar-refractivity contribution in [1.29, 1.82) is 0 Å². The molecule has 0 saturated carbocycles. The van der Waals surface area contributed by atoms with Gasteiger partial charge in [-0.25, -0.2) is 0 Å². The molecule has 0 bridgehead atoms. The lowest BCUT2D eigenvalue weighted by atomic mass is 9.74. The normalized spacial score (nSPS) is 17.1. The molecule has 0 atom stereocenters. The molecule has 1 aliphatic heterocycles. The molecule has 0 aliphatic carbocycles. The molecule has 22 heavy (non-hydrogen) atoms. The van der Waals surface area contributed by atoms with Crippen molar-refractivity contribution < 1.29 is 9.53 Å². The molecule has 1 aromatic heterocycles. The van der Waals surface area contributed by atoms with E-state index in [1.54, 1.807) is 11.3 Å². The van der Waals surface area contributed by atoms with E-state index >= 15 is 0 Å². The van der Waals surface area contributed by atoms with E-state index in [1.807, 2.05) is 25.1 Å². The molecule has 1 amide bonds. The van der Waals surface area contributed by atoms with E-state index in [1.165, 1.54) is 5.56 Å². The van der Waals surface area contributed by atoms with Crippen molar-refractivity contribution in [2.75, 3.05) is 19.8 Å². The molecule has 2 aromatic rings. The van der Waals surface area contributed by atoms with Gasteiger partial charge >= 0.3 is 0 Å². The van der Waals surface area contributed by atoms with Crippen LogP contribution >= 0.6 is 11.3 Å². The Morgan fingerprint density at radius 2 is 1.91 bits per heavy atom. The second-order valence-electron chi connectivity index (χ2n) is 5.85. The maximum atomic E-state index is 12.3. The smallest absolute Gasteiger partial charge is 0.261 e. The minimum Gasteiger partial charge on any atom is -0.381 e. The van der Waals surface area contributed by atoms with E-state index < -0.39 is 0 Å². The molecule has 3 rings (SSSR count). The third-order valence-electron chi connectivity index (χ3n) is 4.39. The lowest BCUT2D eigenvalue weighted by molar-refractivity contribution is 0.0487. The Morgan fingerprint density at radius 1 is 1.18 bits per heavy atom. The fourth-order valence-electron chi connectivity index (χ4n) is 3.01. The molecule has 1 aliphatic rings. The zero-order chi connectivity index (χ0) is 15.4. The number of hydrogen-bond donors (Lipinski definition) is 1. The van der Waals surface area contributed by atoms with Crippen LogP contribution in [-0.2, 0) is 10.2 Å². The summed E-state index contributed by atoms with van der Waals surface area (Å²) in [5, 5.41) is 3.14. The van der Waals surface area contributed by atoms with Crippen LogP contribution in [0.25, 0.3) is 0 Å². The third-order valence-corrected chi connectivity index (χ3v) is 5.39. The van der Waals surface area contributed by atoms with Gasteiger partial charge in [-0.15, -0.1) is 11.3 Å². The van der Waals surface area contributed by atoms with Gasteiger partial charge in [0, 0.05) is 30.1 Å². The third kappa shape index (κ3) is 3.23. The van der Waals surface area contributed by atoms with Crippen LogP contribution < -0.4 is 5.32 Å². The molecular weight excluding hydrogens is 294 g/mol. The fourth-order valence-corrected chi connectivity index (χ4v) is 3.80. The summed E-state index contributed by atoms with van der Waals surface area (Å²) in [7, 11) is 0. The van der Waals surface area contributed by atoms with Crippen molar-refractivity contribution >= 4 is 17.2 Å². The molecule has 116 valence electrons. The first-order chi connectivity index (χ1) is 10.7. The number of rotatable bonds is 4. The Bertz CT molecular complexity index is 630. The van der Waals surface area contributed by atoms with Crippen LogP contribution in [0.4, 0.5) is 0 Å².